The minimum absolute atomic E-state index is 0.217. The van der Waals surface area contributed by atoms with Crippen molar-refractivity contribution in [3.63, 3.8) is 0 Å². The number of sulfonamides is 1. The molecule has 1 amide bonds. The first-order valence-corrected chi connectivity index (χ1v) is 10.3. The van der Waals surface area contributed by atoms with E-state index in [1.807, 2.05) is 44.2 Å². The van der Waals surface area contributed by atoms with E-state index in [2.05, 4.69) is 5.32 Å². The number of amides is 1. The fourth-order valence-corrected chi connectivity index (χ4v) is 5.16. The van der Waals surface area contributed by atoms with Crippen LogP contribution in [-0.4, -0.2) is 31.7 Å². The molecule has 1 aromatic heterocycles. The first-order valence-electron chi connectivity index (χ1n) is 8.07. The highest BCUT2D eigenvalue weighted by Gasteiger charge is 2.23. The summed E-state index contributed by atoms with van der Waals surface area (Å²) >= 11 is 1.19. The van der Waals surface area contributed by atoms with Crippen LogP contribution in [0.4, 0.5) is 0 Å². The first kappa shape index (κ1) is 19.4. The lowest BCUT2D eigenvalue weighted by atomic mass is 10.2. The van der Waals surface area contributed by atoms with Gasteiger partial charge < -0.3 is 5.32 Å². The third-order valence-corrected chi connectivity index (χ3v) is 7.20. The molecule has 0 saturated carbocycles. The second kappa shape index (κ2) is 8.94. The van der Waals surface area contributed by atoms with Crippen LogP contribution in [0.2, 0.25) is 0 Å². The van der Waals surface area contributed by atoms with Gasteiger partial charge in [-0.05, 0) is 23.8 Å². The van der Waals surface area contributed by atoms with Crippen molar-refractivity contribution in [1.82, 2.24) is 9.62 Å². The van der Waals surface area contributed by atoms with Crippen LogP contribution in [-0.2, 0) is 21.4 Å². The van der Waals surface area contributed by atoms with Crippen LogP contribution < -0.4 is 5.32 Å². The fourth-order valence-electron chi connectivity index (χ4n) is 2.25. The summed E-state index contributed by atoms with van der Waals surface area (Å²) in [5, 5.41) is 2.77. The largest absolute Gasteiger partial charge is 0.348 e. The van der Waals surface area contributed by atoms with Gasteiger partial charge in [0.25, 0.3) is 10.0 Å². The molecule has 2 rings (SSSR count). The summed E-state index contributed by atoms with van der Waals surface area (Å²) in [5.74, 6) is -0.217. The molecule has 0 bridgehead atoms. The number of nitrogens with one attached hydrogen (secondary N) is 1. The lowest BCUT2D eigenvalue weighted by Crippen LogP contribution is -2.29. The van der Waals surface area contributed by atoms with Gasteiger partial charge in [0.2, 0.25) is 5.91 Å². The van der Waals surface area contributed by atoms with Crippen LogP contribution >= 0.6 is 11.3 Å². The number of carbonyl (C=O) groups is 1. The molecule has 1 aromatic carbocycles. The highest BCUT2D eigenvalue weighted by Crippen LogP contribution is 2.24. The average molecular weight is 379 g/mol. The Labute approximate surface area is 153 Å². The average Bonchev–Trinajstić information content (AvgIpc) is 3.10. The molecule has 25 heavy (non-hydrogen) atoms. The number of rotatable bonds is 8. The summed E-state index contributed by atoms with van der Waals surface area (Å²) in [7, 11) is -3.44. The Morgan fingerprint density at radius 3 is 2.44 bits per heavy atom. The van der Waals surface area contributed by atoms with E-state index in [1.54, 1.807) is 18.2 Å². The molecule has 0 fully saturated rings. The number of hydrogen-bond acceptors (Lipinski definition) is 4. The van der Waals surface area contributed by atoms with Crippen LogP contribution in [0.25, 0.3) is 6.08 Å². The van der Waals surface area contributed by atoms with E-state index >= 15 is 0 Å². The normalized spacial score (nSPS) is 12.0. The highest BCUT2D eigenvalue weighted by molar-refractivity contribution is 7.91. The first-order chi connectivity index (χ1) is 12.0. The van der Waals surface area contributed by atoms with Crippen molar-refractivity contribution >= 4 is 33.3 Å². The molecule has 5 nitrogen and oxygen atoms in total. The van der Waals surface area contributed by atoms with Gasteiger partial charge in [0, 0.05) is 24.0 Å². The molecule has 0 aliphatic heterocycles. The van der Waals surface area contributed by atoms with Crippen molar-refractivity contribution in [2.45, 2.75) is 24.6 Å². The second-order valence-corrected chi connectivity index (χ2v) is 8.60. The van der Waals surface area contributed by atoms with Gasteiger partial charge in [-0.25, -0.2) is 8.42 Å². The number of thiophene rings is 1. The highest BCUT2D eigenvalue weighted by atomic mass is 32.2. The maximum atomic E-state index is 12.4. The van der Waals surface area contributed by atoms with Gasteiger partial charge in [0.05, 0.1) is 6.54 Å². The standard InChI is InChI=1S/C18H22N2O3S2/c1-3-20(4-2)25(22,23)18-13-11-16(24-18)14-19-17(21)12-10-15-8-6-5-7-9-15/h5-13H,3-4,14H2,1-2H3,(H,19,21). The van der Waals surface area contributed by atoms with Crippen molar-refractivity contribution in [3.8, 4) is 0 Å². The predicted molar refractivity (Wildman–Crippen MR) is 102 cm³/mol. The molecule has 0 radical (unpaired) electrons. The monoisotopic (exact) mass is 378 g/mol. The Morgan fingerprint density at radius 2 is 1.80 bits per heavy atom. The molecule has 0 saturated heterocycles. The minimum Gasteiger partial charge on any atom is -0.348 e. The van der Waals surface area contributed by atoms with Crippen LogP contribution in [0, 0.1) is 0 Å². The van der Waals surface area contributed by atoms with E-state index in [0.29, 0.717) is 23.8 Å². The van der Waals surface area contributed by atoms with E-state index < -0.39 is 10.0 Å². The quantitative estimate of drug-likeness (QED) is 0.718. The molecular weight excluding hydrogens is 356 g/mol. The summed E-state index contributed by atoms with van der Waals surface area (Å²) < 4.78 is 26.6. The molecule has 1 N–H and O–H groups in total. The summed E-state index contributed by atoms with van der Waals surface area (Å²) in [5.41, 5.74) is 0.946. The molecule has 0 aliphatic rings. The Balaban J connectivity index is 1.95. The van der Waals surface area contributed by atoms with Crippen LogP contribution in [0.3, 0.4) is 0 Å². The molecule has 0 atom stereocenters. The third-order valence-electron chi connectivity index (χ3n) is 3.60. The topological polar surface area (TPSA) is 66.5 Å². The van der Waals surface area contributed by atoms with Crippen molar-refractivity contribution < 1.29 is 13.2 Å². The summed E-state index contributed by atoms with van der Waals surface area (Å²) in [6.07, 6.45) is 3.20. The third kappa shape index (κ3) is 5.26. The summed E-state index contributed by atoms with van der Waals surface area (Å²) in [6.45, 7) is 4.81. The van der Waals surface area contributed by atoms with Gasteiger partial charge in [0.15, 0.2) is 0 Å². The number of hydrogen-bond donors (Lipinski definition) is 1. The number of carbonyl (C=O) groups excluding carboxylic acids is 1. The molecule has 0 unspecified atom stereocenters. The summed E-state index contributed by atoms with van der Waals surface area (Å²) in [6, 6.07) is 12.9. The van der Waals surface area contributed by atoms with Gasteiger partial charge in [-0.3, -0.25) is 4.79 Å². The van der Waals surface area contributed by atoms with Crippen LogP contribution in [0.1, 0.15) is 24.3 Å². The van der Waals surface area contributed by atoms with E-state index in [9.17, 15) is 13.2 Å². The summed E-state index contributed by atoms with van der Waals surface area (Å²) in [4.78, 5) is 12.7. The smallest absolute Gasteiger partial charge is 0.252 e. The van der Waals surface area contributed by atoms with Crippen molar-refractivity contribution in [2.75, 3.05) is 13.1 Å². The Bertz CT molecular complexity index is 823. The van der Waals surface area contributed by atoms with Crippen LogP contribution in [0.5, 0.6) is 0 Å². The zero-order valence-corrected chi connectivity index (χ0v) is 15.9. The Kier molecular flexibility index (Phi) is 6.92. The van der Waals surface area contributed by atoms with E-state index in [0.717, 1.165) is 10.4 Å². The van der Waals surface area contributed by atoms with Crippen molar-refractivity contribution in [1.29, 1.82) is 0 Å². The van der Waals surface area contributed by atoms with E-state index in [4.69, 9.17) is 0 Å². The zero-order valence-electron chi connectivity index (χ0n) is 14.3. The Morgan fingerprint density at radius 1 is 1.12 bits per heavy atom. The predicted octanol–water partition coefficient (Wildman–Crippen LogP) is 3.11. The Hall–Kier alpha value is -1.96. The molecule has 7 heteroatoms. The second-order valence-electron chi connectivity index (χ2n) is 5.27. The van der Waals surface area contributed by atoms with Crippen LogP contribution in [0.15, 0.2) is 52.7 Å². The lowest BCUT2D eigenvalue weighted by molar-refractivity contribution is -0.116. The molecule has 0 spiro atoms. The molecule has 0 aliphatic carbocycles. The maximum Gasteiger partial charge on any atom is 0.252 e. The number of nitrogens with zero attached hydrogens (tertiary/aromatic N) is 1. The van der Waals surface area contributed by atoms with Gasteiger partial charge in [-0.1, -0.05) is 44.2 Å². The molecular formula is C18H22N2O3S2. The van der Waals surface area contributed by atoms with Gasteiger partial charge in [0.1, 0.15) is 4.21 Å². The van der Waals surface area contributed by atoms with Gasteiger partial charge in [-0.15, -0.1) is 11.3 Å². The molecule has 134 valence electrons. The number of benzene rings is 1. The maximum absolute atomic E-state index is 12.4. The van der Waals surface area contributed by atoms with Gasteiger partial charge in [-0.2, -0.15) is 4.31 Å². The van der Waals surface area contributed by atoms with Crippen molar-refractivity contribution in [2.24, 2.45) is 0 Å². The zero-order chi connectivity index (χ0) is 18.3. The minimum atomic E-state index is -3.44. The van der Waals surface area contributed by atoms with E-state index in [1.165, 1.54) is 21.7 Å². The van der Waals surface area contributed by atoms with E-state index in [-0.39, 0.29) is 5.91 Å². The van der Waals surface area contributed by atoms with Crippen molar-refractivity contribution in [3.05, 3.63) is 59.0 Å². The lowest BCUT2D eigenvalue weighted by Gasteiger charge is -2.16. The molecule has 2 aromatic rings. The SMILES string of the molecule is CCN(CC)S(=O)(=O)c1ccc(CNC(=O)C=Cc2ccccc2)s1. The molecule has 1 heterocycles. The fraction of sp³-hybridized carbons (Fsp3) is 0.278. The van der Waals surface area contributed by atoms with Gasteiger partial charge >= 0.3 is 0 Å².